The molecule has 0 spiro atoms. The van der Waals surface area contributed by atoms with E-state index in [9.17, 15) is 8.78 Å². The van der Waals surface area contributed by atoms with Crippen molar-refractivity contribution in [3.63, 3.8) is 0 Å². The van der Waals surface area contributed by atoms with E-state index in [1.165, 1.54) is 12.1 Å². The largest absolute Gasteiger partial charge is 0.475 e. The quantitative estimate of drug-likeness (QED) is 0.712. The van der Waals surface area contributed by atoms with Crippen LogP contribution in [0.25, 0.3) is 0 Å². The minimum absolute atomic E-state index is 0.0724. The summed E-state index contributed by atoms with van der Waals surface area (Å²) in [4.78, 5) is 3.91. The molecule has 0 unspecified atom stereocenters. The summed E-state index contributed by atoms with van der Waals surface area (Å²) < 4.78 is 31.6. The summed E-state index contributed by atoms with van der Waals surface area (Å²) in [6, 6.07) is 2.87. The fourth-order valence-corrected chi connectivity index (χ4v) is 1.50. The molecule has 1 aliphatic rings. The number of ether oxygens (including phenoxy) is 1. The first-order valence-electron chi connectivity index (χ1n) is 4.01. The normalized spacial score (nSPS) is 15.2. The Morgan fingerprint density at radius 1 is 1.29 bits per heavy atom. The fourth-order valence-electron chi connectivity index (χ4n) is 1.19. The summed E-state index contributed by atoms with van der Waals surface area (Å²) in [6.45, 7) is 0.916. The van der Waals surface area contributed by atoms with E-state index in [0.717, 1.165) is 0 Å². The number of hydrogen-bond donors (Lipinski definition) is 0. The number of hydrogen-bond acceptors (Lipinski definition) is 2. The molecular formula is C9H6BrF2NO. The van der Waals surface area contributed by atoms with Crippen LogP contribution in [0.2, 0.25) is 0 Å². The monoisotopic (exact) mass is 261 g/mol. The summed E-state index contributed by atoms with van der Waals surface area (Å²) >= 11 is 2.89. The van der Waals surface area contributed by atoms with Gasteiger partial charge in [0.1, 0.15) is 6.61 Å². The molecule has 5 heteroatoms. The first kappa shape index (κ1) is 9.58. The van der Waals surface area contributed by atoms with Crippen molar-refractivity contribution in [2.24, 2.45) is 4.99 Å². The summed E-state index contributed by atoms with van der Waals surface area (Å²) in [5.74, 6) is -1.67. The zero-order valence-corrected chi connectivity index (χ0v) is 8.64. The Labute approximate surface area is 87.7 Å². The molecular weight excluding hydrogens is 256 g/mol. The van der Waals surface area contributed by atoms with Crippen molar-refractivity contribution >= 4 is 21.8 Å². The number of rotatable bonds is 1. The molecule has 1 aliphatic heterocycles. The lowest BCUT2D eigenvalue weighted by Gasteiger charge is -2.04. The molecule has 14 heavy (non-hydrogen) atoms. The van der Waals surface area contributed by atoms with Crippen LogP contribution in [0.1, 0.15) is 5.56 Å². The molecule has 0 aromatic heterocycles. The zero-order chi connectivity index (χ0) is 10.1. The Morgan fingerprint density at radius 3 is 2.71 bits per heavy atom. The average Bonchev–Trinajstić information content (AvgIpc) is 2.67. The molecule has 0 fully saturated rings. The van der Waals surface area contributed by atoms with Crippen molar-refractivity contribution in [2.45, 2.75) is 0 Å². The first-order valence-corrected chi connectivity index (χ1v) is 4.80. The molecule has 0 N–H and O–H groups in total. The van der Waals surface area contributed by atoms with Crippen LogP contribution < -0.4 is 0 Å². The molecule has 0 saturated heterocycles. The predicted molar refractivity (Wildman–Crippen MR) is 51.4 cm³/mol. The SMILES string of the molecule is Fc1c(Br)ccc(C2=NCCO2)c1F. The second kappa shape index (κ2) is 3.65. The van der Waals surface area contributed by atoms with E-state index in [-0.39, 0.29) is 15.9 Å². The smallest absolute Gasteiger partial charge is 0.219 e. The van der Waals surface area contributed by atoms with E-state index >= 15 is 0 Å². The standard InChI is InChI=1S/C9H6BrF2NO/c10-6-2-1-5(7(11)8(6)12)9-13-3-4-14-9/h1-2H,3-4H2. The Balaban J connectivity index is 2.49. The second-order valence-electron chi connectivity index (χ2n) is 2.76. The molecule has 1 aromatic rings. The first-order chi connectivity index (χ1) is 6.70. The minimum Gasteiger partial charge on any atom is -0.475 e. The van der Waals surface area contributed by atoms with Gasteiger partial charge < -0.3 is 4.74 Å². The van der Waals surface area contributed by atoms with Crippen LogP contribution in [-0.4, -0.2) is 19.0 Å². The van der Waals surface area contributed by atoms with Crippen molar-refractivity contribution in [3.8, 4) is 0 Å². The van der Waals surface area contributed by atoms with Gasteiger partial charge in [0.05, 0.1) is 16.6 Å². The van der Waals surface area contributed by atoms with E-state index < -0.39 is 11.6 Å². The van der Waals surface area contributed by atoms with Crippen LogP contribution in [0.4, 0.5) is 8.78 Å². The Bertz CT molecular complexity index is 406. The molecule has 1 heterocycles. The summed E-state index contributed by atoms with van der Waals surface area (Å²) in [6.07, 6.45) is 0. The van der Waals surface area contributed by atoms with E-state index in [4.69, 9.17) is 4.74 Å². The van der Waals surface area contributed by atoms with Gasteiger partial charge in [-0.2, -0.15) is 0 Å². The molecule has 0 atom stereocenters. The highest BCUT2D eigenvalue weighted by Crippen LogP contribution is 2.22. The maximum Gasteiger partial charge on any atom is 0.219 e. The highest BCUT2D eigenvalue weighted by atomic mass is 79.9. The Morgan fingerprint density at radius 2 is 2.07 bits per heavy atom. The van der Waals surface area contributed by atoms with Crippen LogP contribution >= 0.6 is 15.9 Å². The predicted octanol–water partition coefficient (Wildman–Crippen LogP) is 2.50. The van der Waals surface area contributed by atoms with Gasteiger partial charge >= 0.3 is 0 Å². The van der Waals surface area contributed by atoms with E-state index in [1.807, 2.05) is 0 Å². The van der Waals surface area contributed by atoms with Crippen LogP contribution in [0.15, 0.2) is 21.6 Å². The highest BCUT2D eigenvalue weighted by Gasteiger charge is 2.19. The number of nitrogens with zero attached hydrogens (tertiary/aromatic N) is 1. The second-order valence-corrected chi connectivity index (χ2v) is 3.61. The van der Waals surface area contributed by atoms with Gasteiger partial charge in [-0.25, -0.2) is 13.8 Å². The van der Waals surface area contributed by atoms with Gasteiger partial charge in [0.15, 0.2) is 11.6 Å². The van der Waals surface area contributed by atoms with Crippen molar-refractivity contribution < 1.29 is 13.5 Å². The van der Waals surface area contributed by atoms with Crippen molar-refractivity contribution in [2.75, 3.05) is 13.2 Å². The van der Waals surface area contributed by atoms with Crippen LogP contribution in [0.3, 0.4) is 0 Å². The third kappa shape index (κ3) is 1.52. The van der Waals surface area contributed by atoms with Crippen molar-refractivity contribution in [3.05, 3.63) is 33.8 Å². The molecule has 0 bridgehead atoms. The van der Waals surface area contributed by atoms with Crippen LogP contribution in [-0.2, 0) is 4.74 Å². The zero-order valence-electron chi connectivity index (χ0n) is 7.06. The molecule has 0 saturated carbocycles. The maximum absolute atomic E-state index is 13.3. The number of benzene rings is 1. The van der Waals surface area contributed by atoms with Gasteiger partial charge in [0.2, 0.25) is 5.90 Å². The lowest BCUT2D eigenvalue weighted by atomic mass is 10.2. The van der Waals surface area contributed by atoms with Gasteiger partial charge in [0, 0.05) is 0 Å². The molecule has 74 valence electrons. The van der Waals surface area contributed by atoms with Gasteiger partial charge in [-0.3, -0.25) is 0 Å². The van der Waals surface area contributed by atoms with Crippen LogP contribution in [0.5, 0.6) is 0 Å². The molecule has 2 nitrogen and oxygen atoms in total. The Kier molecular flexibility index (Phi) is 2.50. The summed E-state index contributed by atoms with van der Waals surface area (Å²) in [5.41, 5.74) is 0.0724. The van der Waals surface area contributed by atoms with Gasteiger partial charge in [-0.05, 0) is 28.1 Å². The minimum atomic E-state index is -0.931. The van der Waals surface area contributed by atoms with E-state index in [0.29, 0.717) is 13.2 Å². The lowest BCUT2D eigenvalue weighted by molar-refractivity contribution is 0.346. The summed E-state index contributed by atoms with van der Waals surface area (Å²) in [7, 11) is 0. The molecule has 1 aromatic carbocycles. The number of halogens is 3. The lowest BCUT2D eigenvalue weighted by Crippen LogP contribution is -2.06. The molecule has 0 aliphatic carbocycles. The third-order valence-electron chi connectivity index (χ3n) is 1.85. The number of aliphatic imine (C=N–C) groups is 1. The summed E-state index contributed by atoms with van der Waals surface area (Å²) in [5, 5.41) is 0. The van der Waals surface area contributed by atoms with Gasteiger partial charge in [0.25, 0.3) is 0 Å². The third-order valence-corrected chi connectivity index (χ3v) is 2.46. The molecule has 0 amide bonds. The topological polar surface area (TPSA) is 21.6 Å². The van der Waals surface area contributed by atoms with Crippen molar-refractivity contribution in [1.29, 1.82) is 0 Å². The fraction of sp³-hybridized carbons (Fsp3) is 0.222. The Hall–Kier alpha value is -0.970. The van der Waals surface area contributed by atoms with Crippen molar-refractivity contribution in [1.82, 2.24) is 0 Å². The van der Waals surface area contributed by atoms with E-state index in [1.54, 1.807) is 0 Å². The van der Waals surface area contributed by atoms with Gasteiger partial charge in [-0.15, -0.1) is 0 Å². The van der Waals surface area contributed by atoms with Gasteiger partial charge in [-0.1, -0.05) is 0 Å². The van der Waals surface area contributed by atoms with E-state index in [2.05, 4.69) is 20.9 Å². The average molecular weight is 262 g/mol. The highest BCUT2D eigenvalue weighted by molar-refractivity contribution is 9.10. The maximum atomic E-state index is 13.3. The van der Waals surface area contributed by atoms with Crippen LogP contribution in [0, 0.1) is 11.6 Å². The molecule has 2 rings (SSSR count). The molecule has 0 radical (unpaired) electrons.